The van der Waals surface area contributed by atoms with Crippen LogP contribution in [-0.4, -0.2) is 36.1 Å². The third kappa shape index (κ3) is 5.16. The van der Waals surface area contributed by atoms with Crippen LogP contribution in [0.3, 0.4) is 0 Å². The second kappa shape index (κ2) is 10.5. The monoisotopic (exact) mass is 498 g/mol. The maximum atomic E-state index is 12.6. The molecule has 0 radical (unpaired) electrons. The zero-order valence-corrected chi connectivity index (χ0v) is 20.1. The quantitative estimate of drug-likeness (QED) is 0.374. The normalized spacial score (nSPS) is 15.8. The average molecular weight is 499 g/mol. The Morgan fingerprint density at radius 1 is 1.00 bits per heavy atom. The van der Waals surface area contributed by atoms with E-state index >= 15 is 0 Å². The number of benzene rings is 3. The predicted octanol–water partition coefficient (Wildman–Crippen LogP) is 5.12. The van der Waals surface area contributed by atoms with E-state index in [1.807, 2.05) is 59.5 Å². The lowest BCUT2D eigenvalue weighted by Crippen LogP contribution is -2.49. The molecule has 0 unspecified atom stereocenters. The number of piperidine rings is 1. The maximum absolute atomic E-state index is 12.6. The van der Waals surface area contributed by atoms with E-state index in [4.69, 9.17) is 4.74 Å². The van der Waals surface area contributed by atoms with Gasteiger partial charge in [-0.2, -0.15) is 0 Å². The van der Waals surface area contributed by atoms with Gasteiger partial charge in [0.15, 0.2) is 0 Å². The van der Waals surface area contributed by atoms with Crippen molar-refractivity contribution < 1.29 is 19.2 Å². The summed E-state index contributed by atoms with van der Waals surface area (Å²) in [4.78, 5) is 40.2. The number of anilines is 2. The molecule has 1 saturated heterocycles. The van der Waals surface area contributed by atoms with Gasteiger partial charge >= 0.3 is 6.09 Å². The number of ether oxygens (including phenoxy) is 1. The van der Waals surface area contributed by atoms with Crippen molar-refractivity contribution in [2.24, 2.45) is 0 Å². The van der Waals surface area contributed by atoms with Crippen LogP contribution in [0.25, 0.3) is 6.08 Å². The fraction of sp³-hybridized carbons (Fsp3) is 0.214. The topological polar surface area (TPSA) is 105 Å². The smallest absolute Gasteiger partial charge is 0.414 e. The number of fused-ring (bicyclic) bond motifs is 1. The number of nitro groups is 1. The third-order valence-electron chi connectivity index (χ3n) is 6.69. The van der Waals surface area contributed by atoms with Crippen molar-refractivity contribution in [3.05, 3.63) is 106 Å². The summed E-state index contributed by atoms with van der Waals surface area (Å²) < 4.78 is 5.36. The number of cyclic esters (lactones) is 1. The zero-order valence-electron chi connectivity index (χ0n) is 20.1. The summed E-state index contributed by atoms with van der Waals surface area (Å²) in [7, 11) is 0. The van der Waals surface area contributed by atoms with E-state index in [-0.39, 0.29) is 30.0 Å². The van der Waals surface area contributed by atoms with Gasteiger partial charge in [0, 0.05) is 42.5 Å². The molecule has 0 aromatic heterocycles. The van der Waals surface area contributed by atoms with Gasteiger partial charge in [-0.3, -0.25) is 19.8 Å². The molecule has 0 atom stereocenters. The molecule has 188 valence electrons. The molecular formula is C28H26N4O5. The van der Waals surface area contributed by atoms with E-state index in [1.165, 1.54) is 12.3 Å². The minimum atomic E-state index is -0.462. The first kappa shape index (κ1) is 24.1. The van der Waals surface area contributed by atoms with Gasteiger partial charge in [-0.05, 0) is 42.7 Å². The summed E-state index contributed by atoms with van der Waals surface area (Å²) in [5, 5.41) is 14.6. The van der Waals surface area contributed by atoms with E-state index in [0.29, 0.717) is 31.6 Å². The Kier molecular flexibility index (Phi) is 6.85. The average Bonchev–Trinajstić information content (AvgIpc) is 2.93. The number of carbonyl (C=O) groups excluding carboxylic acids is 2. The number of amides is 2. The molecule has 0 aliphatic carbocycles. The first-order chi connectivity index (χ1) is 18.0. The van der Waals surface area contributed by atoms with Crippen molar-refractivity contribution in [3.63, 3.8) is 0 Å². The minimum Gasteiger partial charge on any atom is -0.444 e. The third-order valence-corrected chi connectivity index (χ3v) is 6.69. The summed E-state index contributed by atoms with van der Waals surface area (Å²) in [6, 6.07) is 21.6. The summed E-state index contributed by atoms with van der Waals surface area (Å²) in [5.41, 5.74) is 3.29. The van der Waals surface area contributed by atoms with Gasteiger partial charge in [0.1, 0.15) is 12.3 Å². The molecule has 2 aliphatic rings. The van der Waals surface area contributed by atoms with Crippen LogP contribution in [0.4, 0.5) is 21.9 Å². The van der Waals surface area contributed by atoms with Gasteiger partial charge in [-0.15, -0.1) is 0 Å². The standard InChI is InChI=1S/C28H26N4O5/c33-27(29-15-12-20-6-2-1-3-7-20)21-10-11-25(26(18-21)32(35)36)30-16-13-23(14-17-30)31-24-9-5-4-8-22(24)19-37-28(31)34/h1-12,15,18,23H,13-14,16-17,19H2,(H,29,33). The van der Waals surface area contributed by atoms with Crippen molar-refractivity contribution in [2.45, 2.75) is 25.5 Å². The van der Waals surface area contributed by atoms with Crippen LogP contribution < -0.4 is 15.1 Å². The molecule has 3 aromatic carbocycles. The van der Waals surface area contributed by atoms with Gasteiger partial charge < -0.3 is 15.0 Å². The number of nitrogens with one attached hydrogen (secondary N) is 1. The SMILES string of the molecule is O=C(NC=Cc1ccccc1)c1ccc(N2CCC(N3C(=O)OCc4ccccc43)CC2)c([N+](=O)[O-])c1. The number of nitro benzene ring substituents is 1. The lowest BCUT2D eigenvalue weighted by atomic mass is 9.99. The first-order valence-corrected chi connectivity index (χ1v) is 12.1. The van der Waals surface area contributed by atoms with Crippen molar-refractivity contribution in [1.29, 1.82) is 0 Å². The Morgan fingerprint density at radius 2 is 1.73 bits per heavy atom. The van der Waals surface area contributed by atoms with E-state index in [1.54, 1.807) is 23.1 Å². The Hall–Kier alpha value is -4.66. The Balaban J connectivity index is 1.28. The van der Waals surface area contributed by atoms with Crippen LogP contribution in [0.2, 0.25) is 0 Å². The molecule has 37 heavy (non-hydrogen) atoms. The van der Waals surface area contributed by atoms with E-state index < -0.39 is 10.8 Å². The fourth-order valence-electron chi connectivity index (χ4n) is 4.83. The van der Waals surface area contributed by atoms with E-state index in [9.17, 15) is 19.7 Å². The van der Waals surface area contributed by atoms with Crippen molar-refractivity contribution >= 4 is 35.1 Å². The molecule has 2 aliphatic heterocycles. The number of rotatable bonds is 6. The second-order valence-corrected chi connectivity index (χ2v) is 8.95. The second-order valence-electron chi connectivity index (χ2n) is 8.95. The molecular weight excluding hydrogens is 472 g/mol. The number of nitrogens with zero attached hydrogens (tertiary/aromatic N) is 3. The van der Waals surface area contributed by atoms with Crippen molar-refractivity contribution in [2.75, 3.05) is 22.9 Å². The van der Waals surface area contributed by atoms with Crippen LogP contribution in [0.15, 0.2) is 79.0 Å². The number of carbonyl (C=O) groups is 2. The first-order valence-electron chi connectivity index (χ1n) is 12.1. The van der Waals surface area contributed by atoms with Gasteiger partial charge in [0.05, 0.1) is 10.6 Å². The highest BCUT2D eigenvalue weighted by Gasteiger charge is 2.35. The Labute approximate surface area is 214 Å². The summed E-state index contributed by atoms with van der Waals surface area (Å²) in [6.07, 6.45) is 4.17. The molecule has 0 spiro atoms. The van der Waals surface area contributed by atoms with Crippen LogP contribution in [0.1, 0.15) is 34.3 Å². The molecule has 0 bridgehead atoms. The summed E-state index contributed by atoms with van der Waals surface area (Å²) in [5.74, 6) is -0.428. The van der Waals surface area contributed by atoms with Crippen molar-refractivity contribution in [1.82, 2.24) is 5.32 Å². The lowest BCUT2D eigenvalue weighted by molar-refractivity contribution is -0.384. The molecule has 1 fully saturated rings. The molecule has 2 heterocycles. The van der Waals surface area contributed by atoms with Crippen LogP contribution >= 0.6 is 0 Å². The van der Waals surface area contributed by atoms with Crippen LogP contribution in [0, 0.1) is 10.1 Å². The van der Waals surface area contributed by atoms with Gasteiger partial charge in [-0.25, -0.2) is 4.79 Å². The van der Waals surface area contributed by atoms with Gasteiger partial charge in [0.2, 0.25) is 0 Å². The largest absolute Gasteiger partial charge is 0.444 e. The zero-order chi connectivity index (χ0) is 25.8. The Bertz CT molecular complexity index is 1350. The molecule has 3 aromatic rings. The van der Waals surface area contributed by atoms with Crippen LogP contribution in [0.5, 0.6) is 0 Å². The number of hydrogen-bond donors (Lipinski definition) is 1. The van der Waals surface area contributed by atoms with Crippen molar-refractivity contribution in [3.8, 4) is 0 Å². The summed E-state index contributed by atoms with van der Waals surface area (Å²) in [6.45, 7) is 1.32. The molecule has 9 heteroatoms. The van der Waals surface area contributed by atoms with Gasteiger partial charge in [0.25, 0.3) is 11.6 Å². The van der Waals surface area contributed by atoms with Crippen LogP contribution in [-0.2, 0) is 11.3 Å². The highest BCUT2D eigenvalue weighted by molar-refractivity contribution is 5.96. The number of para-hydroxylation sites is 1. The maximum Gasteiger partial charge on any atom is 0.414 e. The molecule has 5 rings (SSSR count). The number of hydrogen-bond acceptors (Lipinski definition) is 6. The summed E-state index contributed by atoms with van der Waals surface area (Å²) >= 11 is 0. The molecule has 1 N–H and O–H groups in total. The molecule has 0 saturated carbocycles. The highest BCUT2D eigenvalue weighted by atomic mass is 16.6. The fourth-order valence-corrected chi connectivity index (χ4v) is 4.83. The predicted molar refractivity (Wildman–Crippen MR) is 140 cm³/mol. The van der Waals surface area contributed by atoms with Gasteiger partial charge in [-0.1, -0.05) is 48.5 Å². The molecule has 9 nitrogen and oxygen atoms in total. The highest BCUT2D eigenvalue weighted by Crippen LogP contribution is 2.35. The van der Waals surface area contributed by atoms with E-state index in [2.05, 4.69) is 5.32 Å². The lowest BCUT2D eigenvalue weighted by Gasteiger charge is -2.40. The van der Waals surface area contributed by atoms with E-state index in [0.717, 1.165) is 16.8 Å². The molecule has 2 amide bonds. The Morgan fingerprint density at radius 3 is 2.49 bits per heavy atom. The minimum absolute atomic E-state index is 0.0642.